The van der Waals surface area contributed by atoms with Crippen molar-refractivity contribution in [2.45, 2.75) is 22.6 Å². The molecule has 0 atom stereocenters. The van der Waals surface area contributed by atoms with Gasteiger partial charge in [-0.2, -0.15) is 0 Å². The molecule has 32 heavy (non-hydrogen) atoms. The molecular formula is C28H26O2S2. The van der Waals surface area contributed by atoms with Gasteiger partial charge in [0, 0.05) is 20.9 Å². The molecule has 0 aromatic heterocycles. The highest BCUT2D eigenvalue weighted by Gasteiger charge is 2.07. The quantitative estimate of drug-likeness (QED) is 0.196. The minimum absolute atomic E-state index is 0.320. The maximum Gasteiger partial charge on any atom is 0.123 e. The summed E-state index contributed by atoms with van der Waals surface area (Å²) in [5.41, 5.74) is 3.83. The van der Waals surface area contributed by atoms with Crippen molar-refractivity contribution >= 4 is 23.5 Å². The normalized spacial score (nSPS) is 10.9. The van der Waals surface area contributed by atoms with Gasteiger partial charge in [-0.15, -0.1) is 23.5 Å². The third-order valence-electron chi connectivity index (χ3n) is 5.18. The SMILES string of the molecule is Oc1ccc(SCCCCSc2ccc(O)c(-c3ccccc3)c2)cc1-c1ccccc1. The highest BCUT2D eigenvalue weighted by Crippen LogP contribution is 2.35. The van der Waals surface area contributed by atoms with Gasteiger partial charge in [-0.05, 0) is 71.9 Å². The number of phenolic OH excluding ortho intramolecular Hbond substituents is 2. The summed E-state index contributed by atoms with van der Waals surface area (Å²) in [5, 5.41) is 20.4. The van der Waals surface area contributed by atoms with Crippen LogP contribution >= 0.6 is 23.5 Å². The van der Waals surface area contributed by atoms with Crippen molar-refractivity contribution in [2.75, 3.05) is 11.5 Å². The Kier molecular flexibility index (Phi) is 7.81. The molecule has 4 aromatic carbocycles. The van der Waals surface area contributed by atoms with Crippen molar-refractivity contribution in [2.24, 2.45) is 0 Å². The van der Waals surface area contributed by atoms with E-state index in [2.05, 4.69) is 12.1 Å². The molecule has 0 unspecified atom stereocenters. The van der Waals surface area contributed by atoms with E-state index < -0.39 is 0 Å². The van der Waals surface area contributed by atoms with Gasteiger partial charge in [0.15, 0.2) is 0 Å². The topological polar surface area (TPSA) is 40.5 Å². The summed E-state index contributed by atoms with van der Waals surface area (Å²) >= 11 is 3.66. The average Bonchev–Trinajstić information content (AvgIpc) is 2.84. The van der Waals surface area contributed by atoms with Crippen LogP contribution in [-0.2, 0) is 0 Å². The third-order valence-corrected chi connectivity index (χ3v) is 7.34. The van der Waals surface area contributed by atoms with E-state index in [4.69, 9.17) is 0 Å². The number of benzene rings is 4. The van der Waals surface area contributed by atoms with Crippen LogP contribution in [0.2, 0.25) is 0 Å². The first-order chi connectivity index (χ1) is 15.7. The van der Waals surface area contributed by atoms with Gasteiger partial charge in [-0.1, -0.05) is 60.7 Å². The summed E-state index contributed by atoms with van der Waals surface area (Å²) in [5.74, 6) is 2.73. The largest absolute Gasteiger partial charge is 0.507 e. The summed E-state index contributed by atoms with van der Waals surface area (Å²) in [6.45, 7) is 0. The summed E-state index contributed by atoms with van der Waals surface area (Å²) < 4.78 is 0. The van der Waals surface area contributed by atoms with Gasteiger partial charge in [0.2, 0.25) is 0 Å². The molecule has 2 nitrogen and oxygen atoms in total. The smallest absolute Gasteiger partial charge is 0.123 e. The predicted octanol–water partition coefficient (Wildman–Crippen LogP) is 8.10. The number of hydrogen-bond acceptors (Lipinski definition) is 4. The van der Waals surface area contributed by atoms with Crippen molar-refractivity contribution in [1.82, 2.24) is 0 Å². The van der Waals surface area contributed by atoms with Crippen molar-refractivity contribution in [3.05, 3.63) is 97.1 Å². The Morgan fingerprint density at radius 2 is 0.906 bits per heavy atom. The standard InChI is InChI=1S/C28H26O2S2/c29-27-15-13-23(19-25(27)21-9-3-1-4-10-21)31-17-7-8-18-32-24-14-16-28(30)26(20-24)22-11-5-2-6-12-22/h1-6,9-16,19-20,29-30H,7-8,17-18H2. The van der Waals surface area contributed by atoms with Gasteiger partial charge in [0.1, 0.15) is 11.5 Å². The number of aromatic hydroxyl groups is 2. The monoisotopic (exact) mass is 458 g/mol. The van der Waals surface area contributed by atoms with Crippen LogP contribution < -0.4 is 0 Å². The van der Waals surface area contributed by atoms with Crippen LogP contribution in [0.4, 0.5) is 0 Å². The maximum absolute atomic E-state index is 10.2. The highest BCUT2D eigenvalue weighted by molar-refractivity contribution is 7.99. The molecule has 162 valence electrons. The zero-order valence-electron chi connectivity index (χ0n) is 17.8. The molecule has 2 N–H and O–H groups in total. The van der Waals surface area contributed by atoms with Crippen LogP contribution in [0.3, 0.4) is 0 Å². The maximum atomic E-state index is 10.2. The molecule has 0 spiro atoms. The van der Waals surface area contributed by atoms with Crippen LogP contribution in [0.15, 0.2) is 107 Å². The lowest BCUT2D eigenvalue weighted by Gasteiger charge is -2.09. The zero-order valence-corrected chi connectivity index (χ0v) is 19.4. The molecule has 0 saturated carbocycles. The Balaban J connectivity index is 1.26. The summed E-state index contributed by atoms with van der Waals surface area (Å²) in [7, 11) is 0. The number of thioether (sulfide) groups is 2. The van der Waals surface area contributed by atoms with Crippen molar-refractivity contribution < 1.29 is 10.2 Å². The van der Waals surface area contributed by atoms with E-state index in [9.17, 15) is 10.2 Å². The zero-order chi connectivity index (χ0) is 22.2. The Bertz CT molecular complexity index is 1050. The lowest BCUT2D eigenvalue weighted by atomic mass is 10.1. The molecule has 4 aromatic rings. The molecule has 0 radical (unpaired) electrons. The minimum Gasteiger partial charge on any atom is -0.507 e. The highest BCUT2D eigenvalue weighted by atomic mass is 32.2. The first kappa shape index (κ1) is 22.4. The number of hydrogen-bond donors (Lipinski definition) is 2. The van der Waals surface area contributed by atoms with Gasteiger partial charge in [-0.3, -0.25) is 0 Å². The molecule has 0 bridgehead atoms. The molecule has 4 rings (SSSR count). The second-order valence-corrected chi connectivity index (χ2v) is 9.83. The molecule has 4 heteroatoms. The number of unbranched alkanes of at least 4 members (excludes halogenated alkanes) is 1. The van der Waals surface area contributed by atoms with Crippen LogP contribution in [0, 0.1) is 0 Å². The van der Waals surface area contributed by atoms with Crippen LogP contribution in [0.5, 0.6) is 11.5 Å². The fourth-order valence-electron chi connectivity index (χ4n) is 3.49. The van der Waals surface area contributed by atoms with E-state index in [1.807, 2.05) is 96.3 Å². The second-order valence-electron chi connectivity index (χ2n) is 7.49. The molecule has 0 amide bonds. The Morgan fingerprint density at radius 3 is 1.31 bits per heavy atom. The third kappa shape index (κ3) is 5.90. The fraction of sp³-hybridized carbons (Fsp3) is 0.143. The van der Waals surface area contributed by atoms with E-state index in [-0.39, 0.29) is 0 Å². The van der Waals surface area contributed by atoms with Crippen LogP contribution in [0.25, 0.3) is 22.3 Å². The Labute approximate surface area is 198 Å². The number of rotatable bonds is 9. The minimum atomic E-state index is 0.320. The second kappa shape index (κ2) is 11.2. The van der Waals surface area contributed by atoms with Gasteiger partial charge >= 0.3 is 0 Å². The Hall–Kier alpha value is -2.82. The molecule has 0 fully saturated rings. The van der Waals surface area contributed by atoms with Gasteiger partial charge in [0.25, 0.3) is 0 Å². The lowest BCUT2D eigenvalue weighted by Crippen LogP contribution is -1.86. The van der Waals surface area contributed by atoms with Crippen LogP contribution in [-0.4, -0.2) is 21.7 Å². The lowest BCUT2D eigenvalue weighted by molar-refractivity contribution is 0.476. The van der Waals surface area contributed by atoms with Gasteiger partial charge in [-0.25, -0.2) is 0 Å². The van der Waals surface area contributed by atoms with E-state index in [1.54, 1.807) is 12.1 Å². The van der Waals surface area contributed by atoms with E-state index in [0.29, 0.717) is 11.5 Å². The van der Waals surface area contributed by atoms with E-state index in [1.165, 1.54) is 9.79 Å². The number of phenols is 2. The van der Waals surface area contributed by atoms with E-state index >= 15 is 0 Å². The van der Waals surface area contributed by atoms with Gasteiger partial charge in [0.05, 0.1) is 0 Å². The molecular weight excluding hydrogens is 432 g/mol. The molecule has 0 aliphatic carbocycles. The first-order valence-corrected chi connectivity index (χ1v) is 12.7. The van der Waals surface area contributed by atoms with Crippen molar-refractivity contribution in [3.8, 4) is 33.8 Å². The summed E-state index contributed by atoms with van der Waals surface area (Å²) in [4.78, 5) is 2.36. The predicted molar refractivity (Wildman–Crippen MR) is 138 cm³/mol. The van der Waals surface area contributed by atoms with Crippen molar-refractivity contribution in [3.63, 3.8) is 0 Å². The molecule has 0 aliphatic rings. The summed E-state index contributed by atoms with van der Waals surface area (Å²) in [6, 6.07) is 31.7. The molecule has 0 aliphatic heterocycles. The van der Waals surface area contributed by atoms with E-state index in [0.717, 1.165) is 46.6 Å². The van der Waals surface area contributed by atoms with Gasteiger partial charge < -0.3 is 10.2 Å². The first-order valence-electron chi connectivity index (χ1n) is 10.7. The average molecular weight is 459 g/mol. The van der Waals surface area contributed by atoms with Crippen LogP contribution in [0.1, 0.15) is 12.8 Å². The fourth-order valence-corrected chi connectivity index (χ4v) is 5.39. The summed E-state index contributed by atoms with van der Waals surface area (Å²) in [6.07, 6.45) is 2.26. The van der Waals surface area contributed by atoms with Crippen molar-refractivity contribution in [1.29, 1.82) is 0 Å². The Morgan fingerprint density at radius 1 is 0.500 bits per heavy atom. The molecule has 0 heterocycles. The molecule has 0 saturated heterocycles.